The molecule has 3 unspecified atom stereocenters. The molecule has 1 saturated heterocycles. The molecule has 12 rings (SSSR count). The molecule has 0 amide bonds. The number of furan rings is 1. The molecule has 6 heteroatoms. The minimum absolute atomic E-state index is 0.00797. The Morgan fingerprint density at radius 2 is 1.37 bits per heavy atom. The Bertz CT molecular complexity index is 3150. The van der Waals surface area contributed by atoms with Crippen molar-refractivity contribution in [2.75, 3.05) is 0 Å². The predicted molar refractivity (Wildman–Crippen MR) is 239 cm³/mol. The molecule has 0 radical (unpaired) electrons. The molecule has 4 heterocycles. The van der Waals surface area contributed by atoms with Gasteiger partial charge in [0.15, 0.2) is 0 Å². The topological polar surface area (TPSA) is 54.2 Å². The summed E-state index contributed by atoms with van der Waals surface area (Å²) in [5.41, 5.74) is 11.6. The number of benzene rings is 6. The number of allylic oxidation sites excluding steroid dienone is 5. The Morgan fingerprint density at radius 1 is 0.614 bits per heavy atom. The molecule has 0 spiro atoms. The van der Waals surface area contributed by atoms with E-state index in [1.165, 1.54) is 64.3 Å². The number of fused-ring (bicyclic) bond motifs is 9. The van der Waals surface area contributed by atoms with E-state index in [0.717, 1.165) is 58.9 Å². The Balaban J connectivity index is 0.976. The van der Waals surface area contributed by atoms with Gasteiger partial charge in [0.25, 0.3) is 0 Å². The summed E-state index contributed by atoms with van der Waals surface area (Å²) in [5, 5.41) is 19.0. The predicted octanol–water partition coefficient (Wildman–Crippen LogP) is 12.7. The summed E-state index contributed by atoms with van der Waals surface area (Å²) >= 11 is 1.88. The van der Waals surface area contributed by atoms with E-state index in [2.05, 4.69) is 178 Å². The smallest absolute Gasteiger partial charge is 0.143 e. The number of hydrogen-bond acceptors (Lipinski definition) is 5. The summed E-state index contributed by atoms with van der Waals surface area (Å²) in [4.78, 5) is 0. The van der Waals surface area contributed by atoms with Gasteiger partial charge in [-0.2, -0.15) is 0 Å². The maximum Gasteiger partial charge on any atom is 0.143 e. The van der Waals surface area contributed by atoms with Gasteiger partial charge in [0.2, 0.25) is 0 Å². The minimum Gasteiger partial charge on any atom is -0.455 e. The lowest BCUT2D eigenvalue weighted by Crippen LogP contribution is -2.64. The van der Waals surface area contributed by atoms with Crippen molar-refractivity contribution in [3.63, 3.8) is 0 Å². The largest absolute Gasteiger partial charge is 0.455 e. The third-order valence-corrected chi connectivity index (χ3v) is 13.4. The maximum atomic E-state index is 6.89. The van der Waals surface area contributed by atoms with E-state index in [4.69, 9.17) is 4.42 Å². The highest BCUT2D eigenvalue weighted by atomic mass is 32.1. The van der Waals surface area contributed by atoms with Gasteiger partial charge in [-0.1, -0.05) is 127 Å². The van der Waals surface area contributed by atoms with E-state index in [9.17, 15) is 0 Å². The molecular weight excluding hydrogens is 717 g/mol. The summed E-state index contributed by atoms with van der Waals surface area (Å²) < 4.78 is 11.9. The van der Waals surface area contributed by atoms with Gasteiger partial charge in [-0.25, -0.2) is 0 Å². The van der Waals surface area contributed by atoms with E-state index in [1.54, 1.807) is 0 Å². The second-order valence-electron chi connectivity index (χ2n) is 15.5. The highest BCUT2D eigenvalue weighted by molar-refractivity contribution is 7.26. The Hall–Kier alpha value is -6.02. The highest BCUT2D eigenvalue weighted by Gasteiger charge is 2.31. The standard InChI is InChI=1S/C51H40N4OS/c1-3-14-31(15-4-1)49-52-50(32-16-5-2-6-17-32)54-51(53-49)33-28-29-36-38-21-12-22-39(48(38)57-45(36)30-33)37-20-11-23-40-46-43(26-13-27-44(46)56-47(37)40)55-41-24-9-7-18-34(41)35-19-8-10-25-42(35)55/h1,3,5,7-14,16-30,49-54H,2,4,6,15H2. The quantitative estimate of drug-likeness (QED) is 0.164. The normalized spacial score (nSPS) is 20.0. The van der Waals surface area contributed by atoms with Crippen LogP contribution in [-0.4, -0.2) is 16.9 Å². The number of thiophene rings is 1. The fraction of sp³-hybridized carbons (Fsp3) is 0.137. The summed E-state index contributed by atoms with van der Waals surface area (Å²) in [5.74, 6) is 0. The molecule has 1 fully saturated rings. The van der Waals surface area contributed by atoms with Crippen molar-refractivity contribution in [1.29, 1.82) is 0 Å². The van der Waals surface area contributed by atoms with Crippen LogP contribution in [0.15, 0.2) is 173 Å². The van der Waals surface area contributed by atoms with Crippen LogP contribution in [0.4, 0.5) is 0 Å². The molecule has 0 saturated carbocycles. The van der Waals surface area contributed by atoms with Crippen molar-refractivity contribution in [1.82, 2.24) is 20.5 Å². The van der Waals surface area contributed by atoms with Crippen LogP contribution in [0.25, 0.3) is 80.7 Å². The van der Waals surface area contributed by atoms with Gasteiger partial charge < -0.3 is 8.98 Å². The molecule has 2 aliphatic carbocycles. The van der Waals surface area contributed by atoms with E-state index >= 15 is 0 Å². The van der Waals surface area contributed by atoms with E-state index in [1.807, 2.05) is 11.3 Å². The molecular formula is C51H40N4OS. The fourth-order valence-corrected chi connectivity index (χ4v) is 10.8. The average Bonchev–Trinajstić information content (AvgIpc) is 3.96. The molecule has 3 aromatic heterocycles. The first-order valence-corrected chi connectivity index (χ1v) is 21.0. The zero-order valence-corrected chi connectivity index (χ0v) is 32.2. The van der Waals surface area contributed by atoms with Crippen LogP contribution in [0.5, 0.6) is 0 Å². The molecule has 3 atom stereocenters. The second kappa shape index (κ2) is 13.3. The van der Waals surface area contributed by atoms with Crippen molar-refractivity contribution in [3.8, 4) is 16.8 Å². The molecule has 0 bridgehead atoms. The van der Waals surface area contributed by atoms with E-state index in [-0.39, 0.29) is 18.5 Å². The first kappa shape index (κ1) is 33.2. The molecule has 5 nitrogen and oxygen atoms in total. The Kier molecular flexibility index (Phi) is 7.73. The third kappa shape index (κ3) is 5.33. The van der Waals surface area contributed by atoms with Gasteiger partial charge in [0.05, 0.1) is 40.6 Å². The zero-order chi connectivity index (χ0) is 37.5. The molecule has 276 valence electrons. The van der Waals surface area contributed by atoms with Gasteiger partial charge >= 0.3 is 0 Å². The number of aromatic nitrogens is 1. The van der Waals surface area contributed by atoms with Crippen LogP contribution >= 0.6 is 11.3 Å². The first-order chi connectivity index (χ1) is 28.3. The lowest BCUT2D eigenvalue weighted by atomic mass is 9.97. The maximum absolute atomic E-state index is 6.89. The summed E-state index contributed by atoms with van der Waals surface area (Å²) in [6.07, 6.45) is 18.2. The Morgan fingerprint density at radius 3 is 2.18 bits per heavy atom. The number of para-hydroxylation sites is 3. The van der Waals surface area contributed by atoms with Crippen LogP contribution in [0.1, 0.15) is 37.4 Å². The SMILES string of the molecule is C1=CCCC(C2NC(C3=CCCC=C3)NC(c3ccc4c(c3)sc3c(-c5cccc6c5oc5cccc(-n7c8ccccc8c8ccccc87)c56)cccc34)N2)=C1. The third-order valence-electron chi connectivity index (χ3n) is 12.2. The number of nitrogens with zero attached hydrogens (tertiary/aromatic N) is 1. The lowest BCUT2D eigenvalue weighted by Gasteiger charge is -2.41. The van der Waals surface area contributed by atoms with Crippen LogP contribution in [0.2, 0.25) is 0 Å². The van der Waals surface area contributed by atoms with Gasteiger partial charge in [0.1, 0.15) is 11.2 Å². The average molecular weight is 757 g/mol. The fourth-order valence-electron chi connectivity index (χ4n) is 9.57. The van der Waals surface area contributed by atoms with E-state index in [0.29, 0.717) is 0 Å². The van der Waals surface area contributed by atoms with Gasteiger partial charge in [-0.15, -0.1) is 11.3 Å². The van der Waals surface area contributed by atoms with Crippen molar-refractivity contribution in [2.45, 2.75) is 44.2 Å². The van der Waals surface area contributed by atoms with Crippen LogP contribution in [-0.2, 0) is 0 Å². The minimum atomic E-state index is -0.00797. The van der Waals surface area contributed by atoms with E-state index < -0.39 is 0 Å². The van der Waals surface area contributed by atoms with Crippen molar-refractivity contribution in [2.24, 2.45) is 0 Å². The van der Waals surface area contributed by atoms with Gasteiger partial charge in [0, 0.05) is 47.5 Å². The van der Waals surface area contributed by atoms with Crippen molar-refractivity contribution in [3.05, 3.63) is 174 Å². The number of rotatable bonds is 5. The van der Waals surface area contributed by atoms with Gasteiger partial charge in [-0.3, -0.25) is 16.0 Å². The van der Waals surface area contributed by atoms with Crippen molar-refractivity contribution < 1.29 is 4.42 Å². The monoisotopic (exact) mass is 756 g/mol. The molecule has 3 N–H and O–H groups in total. The molecule has 3 aliphatic rings. The molecule has 9 aromatic rings. The zero-order valence-electron chi connectivity index (χ0n) is 31.3. The molecule has 6 aromatic carbocycles. The van der Waals surface area contributed by atoms with Crippen LogP contribution in [0, 0.1) is 0 Å². The lowest BCUT2D eigenvalue weighted by molar-refractivity contribution is 0.240. The Labute approximate surface area is 334 Å². The highest BCUT2D eigenvalue weighted by Crippen LogP contribution is 2.45. The van der Waals surface area contributed by atoms with Crippen LogP contribution in [0.3, 0.4) is 0 Å². The number of nitrogens with one attached hydrogen (secondary N) is 3. The van der Waals surface area contributed by atoms with Crippen molar-refractivity contribution >= 4 is 75.3 Å². The summed E-state index contributed by atoms with van der Waals surface area (Å²) in [7, 11) is 0. The molecule has 57 heavy (non-hydrogen) atoms. The molecule has 1 aliphatic heterocycles. The van der Waals surface area contributed by atoms with Crippen LogP contribution < -0.4 is 16.0 Å². The first-order valence-electron chi connectivity index (χ1n) is 20.2. The summed E-state index contributed by atoms with van der Waals surface area (Å²) in [6, 6.07) is 44.3. The van der Waals surface area contributed by atoms with Gasteiger partial charge in [-0.05, 0) is 72.7 Å². The number of hydrogen-bond donors (Lipinski definition) is 3. The summed E-state index contributed by atoms with van der Waals surface area (Å²) in [6.45, 7) is 0. The second-order valence-corrected chi connectivity index (χ2v) is 16.6.